The van der Waals surface area contributed by atoms with Gasteiger partial charge in [-0.05, 0) is 24.3 Å². The van der Waals surface area contributed by atoms with Gasteiger partial charge in [0.2, 0.25) is 0 Å². The molecule has 108 valence electrons. The van der Waals surface area contributed by atoms with E-state index < -0.39 is 23.6 Å². The molecule has 0 bridgehead atoms. The van der Waals surface area contributed by atoms with Gasteiger partial charge in [-0.3, -0.25) is 19.2 Å². The van der Waals surface area contributed by atoms with E-state index >= 15 is 0 Å². The van der Waals surface area contributed by atoms with Crippen LogP contribution in [0.25, 0.3) is 0 Å². The van der Waals surface area contributed by atoms with E-state index in [-0.39, 0.29) is 73.6 Å². The maximum atomic E-state index is 12.4. The van der Waals surface area contributed by atoms with E-state index in [1.54, 1.807) is 24.3 Å². The SMILES string of the molecule is O=C1c2ccccc2C(=O)N1N1C(=O)c2ccccc2C1=O.[KH]. The molecule has 0 unspecified atom stereocenters. The second-order valence-corrected chi connectivity index (χ2v) is 4.94. The van der Waals surface area contributed by atoms with E-state index in [1.165, 1.54) is 24.3 Å². The molecule has 23 heavy (non-hydrogen) atoms. The van der Waals surface area contributed by atoms with Crippen molar-refractivity contribution < 1.29 is 19.2 Å². The molecule has 0 saturated heterocycles. The standard InChI is InChI=1S/C16H8N2O4.K.H/c19-13-9-5-1-2-6-10(9)14(20)17(13)18-15(21)11-7-3-4-8-12(11)16(18)22;;/h1-8H;;. The molecule has 0 spiro atoms. The van der Waals surface area contributed by atoms with Gasteiger partial charge in [0.25, 0.3) is 23.6 Å². The normalized spacial score (nSPS) is 15.7. The van der Waals surface area contributed by atoms with Crippen LogP contribution in [0, 0.1) is 0 Å². The van der Waals surface area contributed by atoms with E-state index in [2.05, 4.69) is 0 Å². The van der Waals surface area contributed by atoms with Gasteiger partial charge in [-0.25, -0.2) is 0 Å². The average molecular weight is 332 g/mol. The van der Waals surface area contributed by atoms with Crippen LogP contribution in [0.4, 0.5) is 0 Å². The second kappa shape index (κ2) is 5.77. The number of carbonyl (C=O) groups excluding carboxylic acids is 4. The molecule has 0 aromatic heterocycles. The van der Waals surface area contributed by atoms with Crippen molar-refractivity contribution in [3.05, 3.63) is 70.8 Å². The minimum absolute atomic E-state index is 0. The van der Waals surface area contributed by atoms with E-state index in [4.69, 9.17) is 0 Å². The fourth-order valence-corrected chi connectivity index (χ4v) is 2.72. The number of rotatable bonds is 1. The monoisotopic (exact) mass is 332 g/mol. The molecule has 0 atom stereocenters. The number of hydrogen-bond donors (Lipinski definition) is 0. The van der Waals surface area contributed by atoms with Crippen molar-refractivity contribution in [3.63, 3.8) is 0 Å². The van der Waals surface area contributed by atoms with Crippen LogP contribution in [-0.2, 0) is 0 Å². The van der Waals surface area contributed by atoms with Crippen molar-refractivity contribution in [1.29, 1.82) is 0 Å². The predicted molar refractivity (Wildman–Crippen MR) is 81.0 cm³/mol. The average Bonchev–Trinajstić information content (AvgIpc) is 2.94. The van der Waals surface area contributed by atoms with Crippen molar-refractivity contribution in [2.45, 2.75) is 0 Å². The Hall–Kier alpha value is -1.64. The van der Waals surface area contributed by atoms with Crippen LogP contribution < -0.4 is 0 Å². The van der Waals surface area contributed by atoms with Crippen molar-refractivity contribution in [3.8, 4) is 0 Å². The first kappa shape index (κ1) is 16.2. The molecule has 0 radical (unpaired) electrons. The quantitative estimate of drug-likeness (QED) is 0.573. The van der Waals surface area contributed by atoms with Gasteiger partial charge < -0.3 is 0 Å². The van der Waals surface area contributed by atoms with Crippen LogP contribution in [0.15, 0.2) is 48.5 Å². The third-order valence-corrected chi connectivity index (χ3v) is 3.75. The Morgan fingerprint density at radius 2 is 0.696 bits per heavy atom. The summed E-state index contributed by atoms with van der Waals surface area (Å²) in [5, 5.41) is 1.24. The molecule has 0 saturated carbocycles. The van der Waals surface area contributed by atoms with Crippen LogP contribution in [0.1, 0.15) is 41.4 Å². The van der Waals surface area contributed by atoms with Gasteiger partial charge in [0.1, 0.15) is 0 Å². The summed E-state index contributed by atoms with van der Waals surface area (Å²) in [6.45, 7) is 0. The number of imide groups is 2. The molecule has 2 aromatic rings. The van der Waals surface area contributed by atoms with Gasteiger partial charge in [0.15, 0.2) is 0 Å². The Morgan fingerprint density at radius 3 is 0.913 bits per heavy atom. The molecule has 2 heterocycles. The first-order chi connectivity index (χ1) is 10.6. The molecule has 2 aliphatic rings. The van der Waals surface area contributed by atoms with Crippen molar-refractivity contribution in [2.24, 2.45) is 0 Å². The molecular weight excluding hydrogens is 323 g/mol. The summed E-state index contributed by atoms with van der Waals surface area (Å²) in [6.07, 6.45) is 0. The molecule has 0 aliphatic carbocycles. The fourth-order valence-electron chi connectivity index (χ4n) is 2.72. The Balaban J connectivity index is 0.00000156. The minimum atomic E-state index is -0.671. The van der Waals surface area contributed by atoms with E-state index in [9.17, 15) is 19.2 Å². The number of nitrogens with zero attached hydrogens (tertiary/aromatic N) is 2. The maximum absolute atomic E-state index is 12.4. The summed E-state index contributed by atoms with van der Waals surface area (Å²) in [5.74, 6) is -2.68. The summed E-state index contributed by atoms with van der Waals surface area (Å²) in [4.78, 5) is 49.6. The molecule has 7 heteroatoms. The molecule has 2 aromatic carbocycles. The molecule has 6 nitrogen and oxygen atoms in total. The third-order valence-electron chi connectivity index (χ3n) is 3.75. The summed E-state index contributed by atoms with van der Waals surface area (Å²) in [5.41, 5.74) is 0.737. The molecule has 2 aliphatic heterocycles. The summed E-state index contributed by atoms with van der Waals surface area (Å²) in [6, 6.07) is 12.5. The van der Waals surface area contributed by atoms with Gasteiger partial charge >= 0.3 is 51.4 Å². The molecule has 0 fully saturated rings. The summed E-state index contributed by atoms with van der Waals surface area (Å²) in [7, 11) is 0. The van der Waals surface area contributed by atoms with E-state index in [0.29, 0.717) is 10.0 Å². The number of hydrogen-bond acceptors (Lipinski definition) is 4. The molecular formula is C16H9KN2O4. The zero-order valence-corrected chi connectivity index (χ0v) is 11.1. The van der Waals surface area contributed by atoms with Crippen LogP contribution in [0.5, 0.6) is 0 Å². The Morgan fingerprint density at radius 1 is 0.478 bits per heavy atom. The second-order valence-electron chi connectivity index (χ2n) is 4.94. The number of carbonyl (C=O) groups is 4. The first-order valence-electron chi connectivity index (χ1n) is 6.57. The Kier molecular flexibility index (Phi) is 4.07. The zero-order valence-electron chi connectivity index (χ0n) is 11.1. The van der Waals surface area contributed by atoms with Crippen LogP contribution in [0.3, 0.4) is 0 Å². The van der Waals surface area contributed by atoms with E-state index in [1.807, 2.05) is 0 Å². The van der Waals surface area contributed by atoms with Crippen LogP contribution in [-0.4, -0.2) is 85.0 Å². The predicted octanol–water partition coefficient (Wildman–Crippen LogP) is 0.845. The van der Waals surface area contributed by atoms with Gasteiger partial charge in [-0.1, -0.05) is 24.3 Å². The van der Waals surface area contributed by atoms with Crippen LogP contribution >= 0.6 is 0 Å². The number of fused-ring (bicyclic) bond motifs is 2. The van der Waals surface area contributed by atoms with Gasteiger partial charge in [-0.15, -0.1) is 0 Å². The molecule has 0 N–H and O–H groups in total. The molecule has 4 rings (SSSR count). The fraction of sp³-hybridized carbons (Fsp3) is 0. The number of amides is 4. The van der Waals surface area contributed by atoms with Crippen molar-refractivity contribution in [2.75, 3.05) is 0 Å². The van der Waals surface area contributed by atoms with Crippen molar-refractivity contribution in [1.82, 2.24) is 10.0 Å². The number of hydrazine groups is 1. The summed E-state index contributed by atoms with van der Waals surface area (Å²) < 4.78 is 0. The topological polar surface area (TPSA) is 74.8 Å². The van der Waals surface area contributed by atoms with Gasteiger partial charge in [0.05, 0.1) is 22.3 Å². The Labute approximate surface area is 173 Å². The third kappa shape index (κ3) is 2.16. The Bertz CT molecular complexity index is 750. The van der Waals surface area contributed by atoms with Crippen LogP contribution in [0.2, 0.25) is 0 Å². The zero-order chi connectivity index (χ0) is 15.4. The summed E-state index contributed by atoms with van der Waals surface area (Å²) >= 11 is 0. The first-order valence-corrected chi connectivity index (χ1v) is 6.57. The van der Waals surface area contributed by atoms with Gasteiger partial charge in [0, 0.05) is 0 Å². The van der Waals surface area contributed by atoms with E-state index in [0.717, 1.165) is 0 Å². The van der Waals surface area contributed by atoms with Crippen molar-refractivity contribution >= 4 is 75.0 Å². The number of benzene rings is 2. The van der Waals surface area contributed by atoms with Gasteiger partial charge in [-0.2, -0.15) is 10.0 Å². The molecule has 4 amide bonds.